The quantitative estimate of drug-likeness (QED) is 0.350. The van der Waals surface area contributed by atoms with Crippen molar-refractivity contribution in [3.63, 3.8) is 0 Å². The lowest BCUT2D eigenvalue weighted by molar-refractivity contribution is -0.141. The number of pyridine rings is 1. The number of amides is 4. The van der Waals surface area contributed by atoms with Gasteiger partial charge in [-0.05, 0) is 43.7 Å². The molecule has 1 aromatic rings. The molecule has 0 aromatic carbocycles. The number of ketones is 1. The van der Waals surface area contributed by atoms with Crippen molar-refractivity contribution in [1.82, 2.24) is 26.3 Å². The van der Waals surface area contributed by atoms with Gasteiger partial charge in [0.25, 0.3) is 11.8 Å². The Morgan fingerprint density at radius 3 is 2.00 bits per heavy atom. The molecule has 1 saturated carbocycles. The number of nitrogens with zero attached hydrogens (tertiary/aromatic N) is 1. The smallest absolute Gasteiger partial charge is 0.289 e. The van der Waals surface area contributed by atoms with Gasteiger partial charge in [-0.25, -0.2) is 0 Å². The van der Waals surface area contributed by atoms with Crippen LogP contribution in [-0.2, 0) is 19.2 Å². The summed E-state index contributed by atoms with van der Waals surface area (Å²) in [4.78, 5) is 65.6. The van der Waals surface area contributed by atoms with E-state index in [9.17, 15) is 24.0 Å². The SMILES string of the molecule is CC(C)C.CC(NC(=O)CNC(=O)c1ccncc1)C(=O)N[C@H](C(=O)C(=O)NC1CCCCC1)C(C)C. The van der Waals surface area contributed by atoms with Crippen LogP contribution in [0.4, 0.5) is 0 Å². The van der Waals surface area contributed by atoms with Crippen LogP contribution in [-0.4, -0.2) is 59.1 Å². The number of rotatable bonds is 10. The minimum atomic E-state index is -1.01. The first kappa shape index (κ1) is 31.7. The van der Waals surface area contributed by atoms with Gasteiger partial charge in [0.15, 0.2) is 0 Å². The highest BCUT2D eigenvalue weighted by atomic mass is 16.2. The maximum Gasteiger partial charge on any atom is 0.289 e. The molecule has 2 atom stereocenters. The van der Waals surface area contributed by atoms with Gasteiger partial charge in [-0.3, -0.25) is 29.0 Å². The van der Waals surface area contributed by atoms with Gasteiger partial charge in [-0.1, -0.05) is 53.9 Å². The number of carbonyl (C=O) groups is 5. The zero-order valence-corrected chi connectivity index (χ0v) is 22.9. The molecule has 1 unspecified atom stereocenters. The fraction of sp³-hybridized carbons (Fsp3) is 0.630. The highest BCUT2D eigenvalue weighted by Gasteiger charge is 2.32. The fourth-order valence-corrected chi connectivity index (χ4v) is 3.58. The fourth-order valence-electron chi connectivity index (χ4n) is 3.58. The second-order valence-electron chi connectivity index (χ2n) is 10.3. The number of hydrogen-bond donors (Lipinski definition) is 4. The molecule has 0 radical (unpaired) electrons. The molecule has 1 fully saturated rings. The van der Waals surface area contributed by atoms with Crippen LogP contribution in [0.25, 0.3) is 0 Å². The van der Waals surface area contributed by atoms with Crippen LogP contribution in [0.5, 0.6) is 0 Å². The third-order valence-electron chi connectivity index (χ3n) is 5.53. The lowest BCUT2D eigenvalue weighted by atomic mass is 9.94. The summed E-state index contributed by atoms with van der Waals surface area (Å²) < 4.78 is 0. The number of hydrogen-bond acceptors (Lipinski definition) is 6. The summed E-state index contributed by atoms with van der Waals surface area (Å²) in [6, 6.07) is 1.03. The average molecular weight is 518 g/mol. The molecule has 4 amide bonds. The van der Waals surface area contributed by atoms with Crippen molar-refractivity contribution in [3.8, 4) is 0 Å². The molecular weight excluding hydrogens is 474 g/mol. The first-order valence-corrected chi connectivity index (χ1v) is 13.0. The predicted molar refractivity (Wildman–Crippen MR) is 141 cm³/mol. The van der Waals surface area contributed by atoms with E-state index < -0.39 is 41.5 Å². The van der Waals surface area contributed by atoms with Crippen molar-refractivity contribution in [3.05, 3.63) is 30.1 Å². The Hall–Kier alpha value is -3.30. The van der Waals surface area contributed by atoms with Crippen molar-refractivity contribution in [2.75, 3.05) is 6.54 Å². The van der Waals surface area contributed by atoms with Crippen molar-refractivity contribution in [1.29, 1.82) is 0 Å². The number of nitrogens with one attached hydrogen (secondary N) is 4. The van der Waals surface area contributed by atoms with E-state index in [1.807, 2.05) is 0 Å². The van der Waals surface area contributed by atoms with E-state index in [1.165, 1.54) is 31.5 Å². The van der Waals surface area contributed by atoms with Gasteiger partial charge in [0.05, 0.1) is 12.6 Å². The minimum Gasteiger partial charge on any atom is -0.347 e. The maximum absolute atomic E-state index is 12.7. The van der Waals surface area contributed by atoms with E-state index in [0.717, 1.165) is 38.0 Å². The molecule has 206 valence electrons. The van der Waals surface area contributed by atoms with Gasteiger partial charge in [0.2, 0.25) is 17.6 Å². The van der Waals surface area contributed by atoms with E-state index in [0.29, 0.717) is 5.56 Å². The van der Waals surface area contributed by atoms with Crippen LogP contribution in [0, 0.1) is 11.8 Å². The van der Waals surface area contributed by atoms with Crippen molar-refractivity contribution in [2.45, 2.75) is 91.8 Å². The largest absolute Gasteiger partial charge is 0.347 e. The molecular formula is C27H43N5O5. The lowest BCUT2D eigenvalue weighted by Gasteiger charge is -2.26. The van der Waals surface area contributed by atoms with Crippen LogP contribution in [0.3, 0.4) is 0 Å². The summed E-state index contributed by atoms with van der Waals surface area (Å²) in [6.07, 6.45) is 7.78. The lowest BCUT2D eigenvalue weighted by Crippen LogP contribution is -2.56. The second-order valence-corrected chi connectivity index (χ2v) is 10.3. The highest BCUT2D eigenvalue weighted by molar-refractivity contribution is 6.38. The van der Waals surface area contributed by atoms with Crippen molar-refractivity contribution < 1.29 is 24.0 Å². The first-order valence-electron chi connectivity index (χ1n) is 13.0. The molecule has 4 N–H and O–H groups in total. The molecule has 37 heavy (non-hydrogen) atoms. The van der Waals surface area contributed by atoms with Gasteiger partial charge in [-0.2, -0.15) is 0 Å². The molecule has 0 spiro atoms. The molecule has 1 aliphatic rings. The third kappa shape index (κ3) is 12.5. The third-order valence-corrected chi connectivity index (χ3v) is 5.53. The van der Waals surface area contributed by atoms with Crippen molar-refractivity contribution >= 4 is 29.4 Å². The number of carbonyl (C=O) groups excluding carboxylic acids is 5. The first-order chi connectivity index (χ1) is 17.4. The maximum atomic E-state index is 12.7. The Bertz CT molecular complexity index is 895. The van der Waals surface area contributed by atoms with Crippen LogP contribution >= 0.6 is 0 Å². The van der Waals surface area contributed by atoms with Gasteiger partial charge >= 0.3 is 0 Å². The molecule has 1 aliphatic carbocycles. The highest BCUT2D eigenvalue weighted by Crippen LogP contribution is 2.17. The minimum absolute atomic E-state index is 0.0146. The number of Topliss-reactive ketones (excluding diaryl/α,β-unsaturated/α-hetero) is 1. The topological polar surface area (TPSA) is 146 Å². The summed E-state index contributed by atoms with van der Waals surface area (Å²) >= 11 is 0. The standard InChI is InChI=1S/C23H33N5O5.C4H10/c1-14(2)19(20(30)23(33)27-17-7-5-4-6-8-17)28-21(31)15(3)26-18(29)13-25-22(32)16-9-11-24-12-10-16;1-4(2)3/h9-12,14-15,17,19H,4-8,13H2,1-3H3,(H,25,32)(H,26,29)(H,27,33)(H,28,31);4H,1-3H3/t15?,19-;/m0./s1. The van der Waals surface area contributed by atoms with E-state index in [-0.39, 0.29) is 18.5 Å². The van der Waals surface area contributed by atoms with E-state index in [4.69, 9.17) is 0 Å². The summed E-state index contributed by atoms with van der Waals surface area (Å²) in [5.41, 5.74) is 0.355. The summed E-state index contributed by atoms with van der Waals surface area (Å²) in [7, 11) is 0. The summed E-state index contributed by atoms with van der Waals surface area (Å²) in [5.74, 6) is -2.49. The van der Waals surface area contributed by atoms with E-state index in [2.05, 4.69) is 47.0 Å². The summed E-state index contributed by atoms with van der Waals surface area (Å²) in [6.45, 7) is 11.1. The molecule has 2 rings (SSSR count). The van der Waals surface area contributed by atoms with E-state index >= 15 is 0 Å². The van der Waals surface area contributed by atoms with Gasteiger partial charge in [0.1, 0.15) is 6.04 Å². The van der Waals surface area contributed by atoms with Gasteiger partial charge < -0.3 is 21.3 Å². The number of aromatic nitrogens is 1. The zero-order chi connectivity index (χ0) is 28.0. The molecule has 10 heteroatoms. The van der Waals surface area contributed by atoms with Crippen LogP contribution in [0.2, 0.25) is 0 Å². The summed E-state index contributed by atoms with van der Waals surface area (Å²) in [5, 5.41) is 10.3. The Balaban J connectivity index is 0.00000159. The zero-order valence-electron chi connectivity index (χ0n) is 22.9. The van der Waals surface area contributed by atoms with Gasteiger partial charge in [-0.15, -0.1) is 0 Å². The van der Waals surface area contributed by atoms with Crippen LogP contribution < -0.4 is 21.3 Å². The Morgan fingerprint density at radius 2 is 1.46 bits per heavy atom. The van der Waals surface area contributed by atoms with E-state index in [1.54, 1.807) is 13.8 Å². The van der Waals surface area contributed by atoms with Crippen LogP contribution in [0.1, 0.15) is 84.0 Å². The molecule has 0 saturated heterocycles. The Kier molecular flexibility index (Phi) is 14.1. The predicted octanol–water partition coefficient (Wildman–Crippen LogP) is 2.14. The molecule has 1 aromatic heterocycles. The molecule has 0 bridgehead atoms. The van der Waals surface area contributed by atoms with Gasteiger partial charge in [0, 0.05) is 24.0 Å². The monoisotopic (exact) mass is 517 g/mol. The Morgan fingerprint density at radius 1 is 0.892 bits per heavy atom. The van der Waals surface area contributed by atoms with Crippen molar-refractivity contribution in [2.24, 2.45) is 11.8 Å². The molecule has 10 nitrogen and oxygen atoms in total. The van der Waals surface area contributed by atoms with Crippen LogP contribution in [0.15, 0.2) is 24.5 Å². The second kappa shape index (κ2) is 16.4. The Labute approximate surface area is 220 Å². The molecule has 1 heterocycles. The molecule has 0 aliphatic heterocycles. The average Bonchev–Trinajstić information content (AvgIpc) is 2.85. The normalized spacial score (nSPS) is 15.0.